The average Bonchev–Trinajstić information content (AvgIpc) is 1.90. The molecule has 1 radical (unpaired) electrons. The molecule has 0 saturated carbocycles. The minimum Gasteiger partial charge on any atom is -0.352 e. The molecule has 0 aromatic carbocycles. The van der Waals surface area contributed by atoms with E-state index in [-0.39, 0.29) is 0 Å². The van der Waals surface area contributed by atoms with Crippen molar-refractivity contribution in [1.29, 1.82) is 0 Å². The monoisotopic (exact) mass is 108 g/mol. The summed E-state index contributed by atoms with van der Waals surface area (Å²) < 4.78 is 0. The van der Waals surface area contributed by atoms with Gasteiger partial charge in [0.05, 0.1) is 0 Å². The maximum atomic E-state index is 3.81. The molecular weight excluding hydrogens is 102 g/mol. The molecule has 0 atom stereocenters. The Bertz CT molecular complexity index is 149. The van der Waals surface area contributed by atoms with E-state index in [0.29, 0.717) is 5.95 Å². The molecule has 41 valence electrons. The summed E-state index contributed by atoms with van der Waals surface area (Å²) in [6.45, 7) is 0. The van der Waals surface area contributed by atoms with Crippen molar-refractivity contribution in [1.82, 2.24) is 9.97 Å². The van der Waals surface area contributed by atoms with Crippen LogP contribution in [0.5, 0.6) is 0 Å². The first-order chi connectivity index (χ1) is 3.93. The number of nitrogens with one attached hydrogen (secondary N) is 1. The molecule has 0 saturated heterocycles. The number of rotatable bonds is 1. The van der Waals surface area contributed by atoms with Gasteiger partial charge in [-0.3, -0.25) is 0 Å². The van der Waals surface area contributed by atoms with Crippen LogP contribution in [-0.4, -0.2) is 9.97 Å². The first-order valence-electron chi connectivity index (χ1n) is 2.23. The highest BCUT2D eigenvalue weighted by atomic mass is 15.1. The SMILES string of the molecule is [CH2]Nc1ncccn1. The Morgan fingerprint density at radius 2 is 2.00 bits per heavy atom. The van der Waals surface area contributed by atoms with E-state index in [1.54, 1.807) is 18.5 Å². The Morgan fingerprint density at radius 1 is 1.38 bits per heavy atom. The molecule has 0 aliphatic heterocycles. The van der Waals surface area contributed by atoms with E-state index >= 15 is 0 Å². The number of hydrogen-bond donors (Lipinski definition) is 1. The van der Waals surface area contributed by atoms with Gasteiger partial charge in [-0.2, -0.15) is 0 Å². The molecule has 0 bridgehead atoms. The van der Waals surface area contributed by atoms with Crippen LogP contribution in [0.2, 0.25) is 0 Å². The minimum absolute atomic E-state index is 0.549. The fraction of sp³-hybridized carbons (Fsp3) is 0. The van der Waals surface area contributed by atoms with Crippen molar-refractivity contribution in [3.8, 4) is 0 Å². The summed E-state index contributed by atoms with van der Waals surface area (Å²) in [4.78, 5) is 7.62. The molecule has 0 aliphatic rings. The molecule has 1 heterocycles. The zero-order valence-corrected chi connectivity index (χ0v) is 4.33. The van der Waals surface area contributed by atoms with Crippen LogP contribution in [0.25, 0.3) is 0 Å². The standard InChI is InChI=1S/C5H6N3/c1-6-5-7-3-2-4-8-5/h2-4H,1H2,(H,6,7,8). The predicted molar refractivity (Wildman–Crippen MR) is 31.0 cm³/mol. The second kappa shape index (κ2) is 2.26. The van der Waals surface area contributed by atoms with Gasteiger partial charge in [0, 0.05) is 19.4 Å². The highest BCUT2D eigenvalue weighted by Gasteiger charge is 1.81. The predicted octanol–water partition coefficient (Wildman–Crippen LogP) is 0.680. The fourth-order valence-electron chi connectivity index (χ4n) is 0.390. The van der Waals surface area contributed by atoms with E-state index in [0.717, 1.165) is 0 Å². The summed E-state index contributed by atoms with van der Waals surface area (Å²) in [6.07, 6.45) is 3.31. The highest BCUT2D eigenvalue weighted by molar-refractivity contribution is 5.21. The molecule has 0 unspecified atom stereocenters. The first-order valence-corrected chi connectivity index (χ1v) is 2.23. The quantitative estimate of drug-likeness (QED) is 0.574. The number of nitrogens with zero attached hydrogens (tertiary/aromatic N) is 2. The zero-order valence-electron chi connectivity index (χ0n) is 4.33. The normalized spacial score (nSPS) is 8.62. The van der Waals surface area contributed by atoms with Crippen LogP contribution >= 0.6 is 0 Å². The Hall–Kier alpha value is -1.12. The van der Waals surface area contributed by atoms with Gasteiger partial charge >= 0.3 is 0 Å². The van der Waals surface area contributed by atoms with Crippen LogP contribution in [0.15, 0.2) is 18.5 Å². The van der Waals surface area contributed by atoms with Gasteiger partial charge in [-0.15, -0.1) is 0 Å². The van der Waals surface area contributed by atoms with Gasteiger partial charge in [0.2, 0.25) is 5.95 Å². The van der Waals surface area contributed by atoms with Crippen molar-refractivity contribution >= 4 is 5.95 Å². The first kappa shape index (κ1) is 5.03. The molecule has 1 aromatic rings. The number of aromatic nitrogens is 2. The summed E-state index contributed by atoms with van der Waals surface area (Å²) in [7, 11) is 3.38. The topological polar surface area (TPSA) is 37.8 Å². The lowest BCUT2D eigenvalue weighted by Crippen LogP contribution is -1.90. The van der Waals surface area contributed by atoms with Crippen LogP contribution < -0.4 is 5.32 Å². The number of hydrogen-bond acceptors (Lipinski definition) is 3. The lowest BCUT2D eigenvalue weighted by Gasteiger charge is -1.91. The lowest BCUT2D eigenvalue weighted by molar-refractivity contribution is 1.16. The maximum absolute atomic E-state index is 3.81. The molecule has 1 rings (SSSR count). The summed E-state index contributed by atoms with van der Waals surface area (Å²) in [5, 5.41) is 2.55. The Balaban J connectivity index is 2.83. The molecule has 0 aliphatic carbocycles. The van der Waals surface area contributed by atoms with Crippen molar-refractivity contribution in [3.63, 3.8) is 0 Å². The molecule has 1 aromatic heterocycles. The van der Waals surface area contributed by atoms with E-state index < -0.39 is 0 Å². The van der Waals surface area contributed by atoms with Crippen LogP contribution in [0.1, 0.15) is 0 Å². The van der Waals surface area contributed by atoms with E-state index in [1.807, 2.05) is 0 Å². The van der Waals surface area contributed by atoms with E-state index in [4.69, 9.17) is 0 Å². The van der Waals surface area contributed by atoms with Crippen molar-refractivity contribution in [2.45, 2.75) is 0 Å². The van der Waals surface area contributed by atoms with E-state index in [9.17, 15) is 0 Å². The molecule has 8 heavy (non-hydrogen) atoms. The summed E-state index contributed by atoms with van der Waals surface area (Å²) in [6, 6.07) is 1.75. The highest BCUT2D eigenvalue weighted by Crippen LogP contribution is 1.89. The van der Waals surface area contributed by atoms with Crippen LogP contribution in [0.3, 0.4) is 0 Å². The molecule has 0 spiro atoms. The molecule has 0 fully saturated rings. The smallest absolute Gasteiger partial charge is 0.222 e. The second-order valence-corrected chi connectivity index (χ2v) is 1.25. The summed E-state index contributed by atoms with van der Waals surface area (Å²) in [5.74, 6) is 0.549. The van der Waals surface area contributed by atoms with Gasteiger partial charge in [-0.25, -0.2) is 9.97 Å². The fourth-order valence-corrected chi connectivity index (χ4v) is 0.390. The van der Waals surface area contributed by atoms with Crippen LogP contribution in [-0.2, 0) is 0 Å². The van der Waals surface area contributed by atoms with Gasteiger partial charge in [0.1, 0.15) is 0 Å². The molecule has 3 nitrogen and oxygen atoms in total. The number of anilines is 1. The molecule has 3 heteroatoms. The van der Waals surface area contributed by atoms with Crippen LogP contribution in [0, 0.1) is 7.05 Å². The second-order valence-electron chi connectivity index (χ2n) is 1.25. The molecule has 0 amide bonds. The maximum Gasteiger partial charge on any atom is 0.222 e. The lowest BCUT2D eigenvalue weighted by atomic mass is 10.7. The van der Waals surface area contributed by atoms with Gasteiger partial charge in [-0.05, 0) is 6.07 Å². The van der Waals surface area contributed by atoms with Gasteiger partial charge in [0.15, 0.2) is 0 Å². The van der Waals surface area contributed by atoms with E-state index in [2.05, 4.69) is 22.3 Å². The third kappa shape index (κ3) is 0.932. The summed E-state index contributed by atoms with van der Waals surface area (Å²) in [5.41, 5.74) is 0. The summed E-state index contributed by atoms with van der Waals surface area (Å²) >= 11 is 0. The van der Waals surface area contributed by atoms with Gasteiger partial charge in [-0.1, -0.05) is 0 Å². The average molecular weight is 108 g/mol. The van der Waals surface area contributed by atoms with Gasteiger partial charge in [0.25, 0.3) is 0 Å². The third-order valence-corrected chi connectivity index (χ3v) is 0.724. The largest absolute Gasteiger partial charge is 0.352 e. The minimum atomic E-state index is 0.549. The third-order valence-electron chi connectivity index (χ3n) is 0.724. The van der Waals surface area contributed by atoms with Crippen molar-refractivity contribution in [2.75, 3.05) is 5.32 Å². The molecule has 1 N–H and O–H groups in total. The van der Waals surface area contributed by atoms with E-state index in [1.165, 1.54) is 0 Å². The zero-order chi connectivity index (χ0) is 5.82. The van der Waals surface area contributed by atoms with Crippen molar-refractivity contribution in [3.05, 3.63) is 25.5 Å². The Labute approximate surface area is 47.8 Å². The van der Waals surface area contributed by atoms with Crippen molar-refractivity contribution < 1.29 is 0 Å². The Kier molecular flexibility index (Phi) is 1.42. The Morgan fingerprint density at radius 3 is 2.38 bits per heavy atom. The van der Waals surface area contributed by atoms with Crippen molar-refractivity contribution in [2.24, 2.45) is 0 Å². The van der Waals surface area contributed by atoms with Crippen LogP contribution in [0.4, 0.5) is 5.95 Å². The van der Waals surface area contributed by atoms with Gasteiger partial charge < -0.3 is 5.32 Å². The molecular formula is C5H6N3.